The van der Waals surface area contributed by atoms with Gasteiger partial charge in [0.1, 0.15) is 5.75 Å². The van der Waals surface area contributed by atoms with E-state index in [1.54, 1.807) is 7.11 Å². The van der Waals surface area contributed by atoms with Crippen LogP contribution in [0.25, 0.3) is 10.8 Å². The Labute approximate surface area is 139 Å². The van der Waals surface area contributed by atoms with E-state index in [-0.39, 0.29) is 18.9 Å². The summed E-state index contributed by atoms with van der Waals surface area (Å²) >= 11 is 0. The van der Waals surface area contributed by atoms with Crippen molar-refractivity contribution in [3.63, 3.8) is 0 Å². The monoisotopic (exact) mass is 284 g/mol. The molecule has 21 heavy (non-hydrogen) atoms. The maximum Gasteiger partial charge on any atom is 1.00 e. The molecule has 0 aliphatic heterocycles. The maximum atomic E-state index is 5.48. The van der Waals surface area contributed by atoms with E-state index in [1.165, 1.54) is 21.1 Å². The quantitative estimate of drug-likeness (QED) is 0.620. The zero-order chi connectivity index (χ0) is 13.9. The normalized spacial score (nSPS) is 10.0. The number of hydrogen-bond donors (Lipinski definition) is 0. The summed E-state index contributed by atoms with van der Waals surface area (Å²) in [5, 5.41) is 5.39. The predicted octanol–water partition coefficient (Wildman–Crippen LogP) is 0.0912. The number of ether oxygens (including phenoxy) is 1. The summed E-state index contributed by atoms with van der Waals surface area (Å²) in [6, 6.07) is 23.6. The minimum atomic E-state index is -0.750. The molecule has 3 heteroatoms. The van der Waals surface area contributed by atoms with Crippen LogP contribution >= 0.6 is 0 Å². The van der Waals surface area contributed by atoms with Crippen LogP contribution in [0.4, 0.5) is 0 Å². The molecule has 0 saturated carbocycles. The average molecular weight is 284 g/mol. The minimum Gasteiger partial charge on any atom is -0.496 e. The summed E-state index contributed by atoms with van der Waals surface area (Å²) in [6.45, 7) is 2.36. The molecule has 0 fully saturated rings. The van der Waals surface area contributed by atoms with E-state index in [0.717, 1.165) is 5.75 Å². The Hall–Kier alpha value is -1.47. The molecule has 0 bridgehead atoms. The Morgan fingerprint density at radius 1 is 0.762 bits per heavy atom. The van der Waals surface area contributed by atoms with Crippen molar-refractivity contribution in [1.29, 1.82) is 0 Å². The van der Waals surface area contributed by atoms with Crippen molar-refractivity contribution >= 4 is 29.9 Å². The van der Waals surface area contributed by atoms with Gasteiger partial charge in [0.25, 0.3) is 0 Å². The second kappa shape index (κ2) is 7.00. The fraction of sp³-hybridized carbons (Fsp3) is 0.111. The molecular weight excluding hydrogens is 267 g/mol. The Balaban J connectivity index is 0.00000161. The molecular formula is C18H17LiOSi. The average Bonchev–Trinajstić information content (AvgIpc) is 2.54. The molecule has 0 atom stereocenters. The van der Waals surface area contributed by atoms with Gasteiger partial charge >= 0.3 is 18.9 Å². The summed E-state index contributed by atoms with van der Waals surface area (Å²) in [5.41, 5.74) is 0. The molecule has 0 spiro atoms. The first kappa shape index (κ1) is 15.9. The topological polar surface area (TPSA) is 9.23 Å². The number of hydrogen-bond acceptors (Lipinski definition) is 1. The van der Waals surface area contributed by atoms with Crippen LogP contribution in [0.3, 0.4) is 0 Å². The molecule has 0 heterocycles. The first-order valence-electron chi connectivity index (χ1n) is 6.76. The second-order valence-electron chi connectivity index (χ2n) is 4.85. The van der Waals surface area contributed by atoms with Crippen LogP contribution in [-0.4, -0.2) is 15.9 Å². The van der Waals surface area contributed by atoms with Gasteiger partial charge in [-0.15, -0.1) is 0 Å². The molecule has 3 aromatic carbocycles. The third kappa shape index (κ3) is 3.08. The van der Waals surface area contributed by atoms with E-state index < -0.39 is 8.80 Å². The molecule has 0 N–H and O–H groups in total. The van der Waals surface area contributed by atoms with E-state index in [2.05, 4.69) is 73.3 Å². The largest absolute Gasteiger partial charge is 1.00 e. The number of rotatable bonds is 3. The Bertz CT molecular complexity index is 728. The van der Waals surface area contributed by atoms with Crippen LogP contribution in [0.2, 0.25) is 6.55 Å². The van der Waals surface area contributed by atoms with Gasteiger partial charge in [-0.2, -0.15) is 16.9 Å². The van der Waals surface area contributed by atoms with Crippen molar-refractivity contribution in [1.82, 2.24) is 0 Å². The molecule has 0 amide bonds. The summed E-state index contributed by atoms with van der Waals surface area (Å²) in [6.07, 6.45) is 0. The summed E-state index contributed by atoms with van der Waals surface area (Å²) in [5.74, 6) is 0.951. The molecule has 1 nitrogen and oxygen atoms in total. The number of methoxy groups -OCH3 is 1. The van der Waals surface area contributed by atoms with Crippen LogP contribution in [0, 0.1) is 0 Å². The van der Waals surface area contributed by atoms with Gasteiger partial charge in [0.05, 0.1) is 7.11 Å². The molecule has 100 valence electrons. The summed E-state index contributed by atoms with van der Waals surface area (Å²) < 4.78 is 5.48. The number of benzene rings is 3. The van der Waals surface area contributed by atoms with Gasteiger partial charge in [-0.25, -0.2) is 0 Å². The minimum absolute atomic E-state index is 0. The predicted molar refractivity (Wildman–Crippen MR) is 87.8 cm³/mol. The standard InChI is InChI=1S/C18H17OSi.Li/c1-19-17-12-13-18(16-11-7-6-10-15(16)17)20(2)14-8-4-3-5-9-14;/h3-13H,1-2H3;/q-1;+1. The third-order valence-corrected chi connectivity index (χ3v) is 6.16. The molecule has 0 aromatic heterocycles. The zero-order valence-electron chi connectivity index (χ0n) is 12.8. The first-order chi connectivity index (χ1) is 9.81. The Morgan fingerprint density at radius 3 is 2.05 bits per heavy atom. The van der Waals surface area contributed by atoms with E-state index in [1.807, 2.05) is 0 Å². The van der Waals surface area contributed by atoms with Crippen LogP contribution in [-0.2, 0) is 0 Å². The van der Waals surface area contributed by atoms with Gasteiger partial charge in [-0.3, -0.25) is 8.80 Å². The van der Waals surface area contributed by atoms with Gasteiger partial charge in [0, 0.05) is 5.39 Å². The van der Waals surface area contributed by atoms with E-state index in [0.29, 0.717) is 0 Å². The van der Waals surface area contributed by atoms with Crippen LogP contribution in [0.15, 0.2) is 66.7 Å². The third-order valence-electron chi connectivity index (χ3n) is 3.71. The van der Waals surface area contributed by atoms with Gasteiger partial charge in [0.2, 0.25) is 0 Å². The SMILES string of the molecule is COc1ccc([Si-](C)c2ccccc2)c2ccccc12.[Li+]. The van der Waals surface area contributed by atoms with E-state index in [4.69, 9.17) is 4.74 Å². The zero-order valence-corrected chi connectivity index (χ0v) is 13.8. The van der Waals surface area contributed by atoms with Crippen molar-refractivity contribution in [2.45, 2.75) is 6.55 Å². The van der Waals surface area contributed by atoms with Crippen molar-refractivity contribution in [3.8, 4) is 5.75 Å². The summed E-state index contributed by atoms with van der Waals surface area (Å²) in [7, 11) is 0.983. The van der Waals surface area contributed by atoms with Gasteiger partial charge in [0.15, 0.2) is 0 Å². The second-order valence-corrected chi connectivity index (χ2v) is 7.22. The fourth-order valence-corrected chi connectivity index (χ4v) is 4.58. The molecule has 0 radical (unpaired) electrons. The van der Waals surface area contributed by atoms with Gasteiger partial charge < -0.3 is 4.74 Å². The Kier molecular flexibility index (Phi) is 5.30. The van der Waals surface area contributed by atoms with Crippen LogP contribution in [0.5, 0.6) is 5.75 Å². The smallest absolute Gasteiger partial charge is 0.496 e. The Morgan fingerprint density at radius 2 is 1.38 bits per heavy atom. The van der Waals surface area contributed by atoms with Crippen molar-refractivity contribution in [2.75, 3.05) is 7.11 Å². The van der Waals surface area contributed by atoms with Gasteiger partial charge in [-0.1, -0.05) is 60.7 Å². The number of fused-ring (bicyclic) bond motifs is 1. The molecule has 0 aliphatic carbocycles. The van der Waals surface area contributed by atoms with Gasteiger partial charge in [-0.05, 0) is 11.5 Å². The van der Waals surface area contributed by atoms with Crippen LogP contribution < -0.4 is 34.0 Å². The molecule has 3 rings (SSSR count). The molecule has 0 unspecified atom stereocenters. The van der Waals surface area contributed by atoms with Crippen molar-refractivity contribution < 1.29 is 23.6 Å². The first-order valence-corrected chi connectivity index (χ1v) is 8.76. The van der Waals surface area contributed by atoms with Crippen LogP contribution in [0.1, 0.15) is 0 Å². The fourth-order valence-electron chi connectivity index (χ4n) is 2.62. The van der Waals surface area contributed by atoms with Crippen molar-refractivity contribution in [3.05, 3.63) is 66.7 Å². The molecule has 3 aromatic rings. The molecule has 0 saturated heterocycles. The van der Waals surface area contributed by atoms with E-state index in [9.17, 15) is 0 Å². The molecule has 0 aliphatic rings. The summed E-state index contributed by atoms with van der Waals surface area (Å²) in [4.78, 5) is 0. The van der Waals surface area contributed by atoms with Crippen molar-refractivity contribution in [2.24, 2.45) is 0 Å². The van der Waals surface area contributed by atoms with E-state index >= 15 is 0 Å². The maximum absolute atomic E-state index is 5.48.